The van der Waals surface area contributed by atoms with Gasteiger partial charge in [0.05, 0.1) is 39.0 Å². The molecule has 0 saturated carbocycles. The van der Waals surface area contributed by atoms with Crippen LogP contribution in [0.2, 0.25) is 0 Å². The van der Waals surface area contributed by atoms with E-state index in [1.165, 1.54) is 28.7 Å². The number of carbonyl (C=O) groups is 4. The second-order valence-corrected chi connectivity index (χ2v) is 12.6. The number of hydrogen-bond donors (Lipinski definition) is 0. The van der Waals surface area contributed by atoms with Gasteiger partial charge < -0.3 is 24.2 Å². The van der Waals surface area contributed by atoms with Crippen LogP contribution in [0, 0.1) is 0 Å². The van der Waals surface area contributed by atoms with Crippen molar-refractivity contribution in [1.82, 2.24) is 34.6 Å². The normalized spacial score (nSPS) is 10.9. The topological polar surface area (TPSA) is 130 Å². The van der Waals surface area contributed by atoms with Gasteiger partial charge in [-0.25, -0.2) is 0 Å². The fourth-order valence-electron chi connectivity index (χ4n) is 5.51. The van der Waals surface area contributed by atoms with Crippen LogP contribution in [0.4, 0.5) is 0 Å². The number of ether oxygens (including phenoxy) is 2. The van der Waals surface area contributed by atoms with Crippen LogP contribution >= 0.6 is 0 Å². The molecule has 52 heavy (non-hydrogen) atoms. The van der Waals surface area contributed by atoms with E-state index in [0.29, 0.717) is 25.2 Å². The molecule has 4 rings (SSSR count). The summed E-state index contributed by atoms with van der Waals surface area (Å²) in [6, 6.07) is 28.7. The summed E-state index contributed by atoms with van der Waals surface area (Å²) in [7, 11) is 3.38. The minimum Gasteiger partial charge on any atom is -0.487 e. The minimum absolute atomic E-state index is 0.0826. The van der Waals surface area contributed by atoms with E-state index in [-0.39, 0.29) is 76.6 Å². The van der Waals surface area contributed by atoms with Gasteiger partial charge in [-0.3, -0.25) is 28.8 Å². The molecule has 0 unspecified atom stereocenters. The molecule has 0 atom stereocenters. The zero-order chi connectivity index (χ0) is 37.1. The number of benzene rings is 3. The number of rotatable bonds is 22. The van der Waals surface area contributed by atoms with Crippen molar-refractivity contribution >= 4 is 23.5 Å². The number of Topliss-reactive ketones (excluding diaryl/α,β-unsaturated/α-hetero) is 1. The smallest absolute Gasteiger partial charge is 0.242 e. The third-order valence-electron chi connectivity index (χ3n) is 8.14. The summed E-state index contributed by atoms with van der Waals surface area (Å²) in [5.41, 5.74) is 2.60. The van der Waals surface area contributed by atoms with Crippen molar-refractivity contribution in [1.29, 1.82) is 0 Å². The van der Waals surface area contributed by atoms with Crippen LogP contribution in [0.3, 0.4) is 0 Å². The third-order valence-corrected chi connectivity index (χ3v) is 8.14. The Balaban J connectivity index is 1.43. The number of nitrogens with zero attached hydrogens (tertiary/aromatic N) is 7. The average molecular weight is 712 g/mol. The standard InChI is InChI=1S/C39H49N7O6/c1-32(47)24-45(26-34-16-9-5-10-17-34)39(50)30-44(22-23-51-3)38(49)29-43(37(48)28-42(2)25-33-14-7-4-8-15-33)20-13-21-46-27-35(40-41-46)31-52-36-18-11-6-12-19-36/h4-12,14-19,27H,13,20-26,28-31H2,1-3H3. The number of aryl methyl sites for hydroxylation is 1. The highest BCUT2D eigenvalue weighted by atomic mass is 16.5. The molecular weight excluding hydrogens is 662 g/mol. The maximum atomic E-state index is 13.9. The largest absolute Gasteiger partial charge is 0.487 e. The maximum absolute atomic E-state index is 13.9. The molecular formula is C39H49N7O6. The fourth-order valence-corrected chi connectivity index (χ4v) is 5.51. The zero-order valence-electron chi connectivity index (χ0n) is 30.3. The van der Waals surface area contributed by atoms with Crippen molar-refractivity contribution < 1.29 is 28.7 Å². The molecule has 0 radical (unpaired) electrons. The molecule has 0 bridgehead atoms. The first kappa shape index (κ1) is 39.4. The van der Waals surface area contributed by atoms with Gasteiger partial charge in [-0.05, 0) is 43.7 Å². The molecule has 3 amide bonds. The summed E-state index contributed by atoms with van der Waals surface area (Å²) < 4.78 is 12.7. The number of hydrogen-bond acceptors (Lipinski definition) is 9. The van der Waals surface area contributed by atoms with Gasteiger partial charge in [-0.2, -0.15) is 0 Å². The van der Waals surface area contributed by atoms with Crippen LogP contribution < -0.4 is 4.74 Å². The van der Waals surface area contributed by atoms with E-state index >= 15 is 0 Å². The Labute approximate surface area is 305 Å². The van der Waals surface area contributed by atoms with E-state index in [1.54, 1.807) is 10.9 Å². The SMILES string of the molecule is COCCN(CC(=O)N(CC(C)=O)Cc1ccccc1)C(=O)CN(CCCn1cc(COc2ccccc2)nn1)C(=O)CN(C)Cc1ccccc1. The zero-order valence-corrected chi connectivity index (χ0v) is 30.3. The number of amides is 3. The van der Waals surface area contributed by atoms with E-state index in [0.717, 1.165) is 16.9 Å². The number of aromatic nitrogens is 3. The quantitative estimate of drug-likeness (QED) is 0.121. The Hall–Kier alpha value is -5.40. The van der Waals surface area contributed by atoms with Crippen molar-refractivity contribution in [2.45, 2.75) is 39.6 Å². The van der Waals surface area contributed by atoms with Gasteiger partial charge in [0.2, 0.25) is 17.7 Å². The van der Waals surface area contributed by atoms with Crippen LogP contribution in [0.25, 0.3) is 0 Å². The van der Waals surface area contributed by atoms with E-state index in [2.05, 4.69) is 10.3 Å². The molecule has 276 valence electrons. The molecule has 0 N–H and O–H groups in total. The fraction of sp³-hybridized carbons (Fsp3) is 0.385. The second kappa shape index (κ2) is 21.1. The Bertz CT molecular complexity index is 1690. The minimum atomic E-state index is -0.395. The van der Waals surface area contributed by atoms with Crippen LogP contribution in [-0.4, -0.2) is 118 Å². The van der Waals surface area contributed by atoms with Crippen LogP contribution in [0.5, 0.6) is 5.75 Å². The number of likely N-dealkylation sites (N-methyl/N-ethyl adjacent to an activating group) is 1. The molecule has 3 aromatic carbocycles. The summed E-state index contributed by atoms with van der Waals surface area (Å²) >= 11 is 0. The number of ketones is 1. The van der Waals surface area contributed by atoms with Gasteiger partial charge in [0.25, 0.3) is 0 Å². The lowest BCUT2D eigenvalue weighted by atomic mass is 10.2. The van der Waals surface area contributed by atoms with Gasteiger partial charge in [0, 0.05) is 39.8 Å². The predicted octanol–water partition coefficient (Wildman–Crippen LogP) is 3.30. The van der Waals surface area contributed by atoms with Crippen molar-refractivity contribution in [3.05, 3.63) is 114 Å². The number of carbonyl (C=O) groups excluding carboxylic acids is 4. The van der Waals surface area contributed by atoms with E-state index in [4.69, 9.17) is 9.47 Å². The lowest BCUT2D eigenvalue weighted by Crippen LogP contribution is -2.50. The van der Waals surface area contributed by atoms with Crippen LogP contribution in [-0.2, 0) is 50.2 Å². The molecule has 0 fully saturated rings. The molecule has 0 saturated heterocycles. The highest BCUT2D eigenvalue weighted by Gasteiger charge is 2.26. The van der Waals surface area contributed by atoms with Crippen LogP contribution in [0.1, 0.15) is 30.2 Å². The van der Waals surface area contributed by atoms with Crippen molar-refractivity contribution in [3.8, 4) is 5.75 Å². The summed E-state index contributed by atoms with van der Waals surface area (Å²) in [6.07, 6.45) is 2.30. The first-order chi connectivity index (χ1) is 25.2. The Kier molecular flexibility index (Phi) is 16.0. The van der Waals surface area contributed by atoms with Crippen molar-refractivity contribution in [2.24, 2.45) is 0 Å². The first-order valence-electron chi connectivity index (χ1n) is 17.3. The van der Waals surface area contributed by atoms with E-state index in [9.17, 15) is 19.2 Å². The summed E-state index contributed by atoms with van der Waals surface area (Å²) in [6.45, 7) is 3.07. The van der Waals surface area contributed by atoms with Crippen LogP contribution in [0.15, 0.2) is 97.2 Å². The maximum Gasteiger partial charge on any atom is 0.242 e. The summed E-state index contributed by atoms with van der Waals surface area (Å²) in [4.78, 5) is 59.6. The molecule has 0 aliphatic heterocycles. The Morgan fingerprint density at radius 2 is 1.25 bits per heavy atom. The first-order valence-corrected chi connectivity index (χ1v) is 17.3. The highest BCUT2D eigenvalue weighted by molar-refractivity contribution is 5.90. The van der Waals surface area contributed by atoms with Gasteiger partial charge in [-0.15, -0.1) is 5.10 Å². The van der Waals surface area contributed by atoms with Gasteiger partial charge >= 0.3 is 0 Å². The lowest BCUT2D eigenvalue weighted by molar-refractivity contribution is -0.145. The molecule has 4 aromatic rings. The average Bonchev–Trinajstić information content (AvgIpc) is 3.60. The van der Waals surface area contributed by atoms with Crippen molar-refractivity contribution in [3.63, 3.8) is 0 Å². The molecule has 1 aromatic heterocycles. The van der Waals surface area contributed by atoms with Gasteiger partial charge in [0.15, 0.2) is 0 Å². The highest BCUT2D eigenvalue weighted by Crippen LogP contribution is 2.11. The van der Waals surface area contributed by atoms with E-state index in [1.807, 2.05) is 103 Å². The molecule has 0 aliphatic carbocycles. The third kappa shape index (κ3) is 13.7. The van der Waals surface area contributed by atoms with Gasteiger partial charge in [0.1, 0.15) is 23.8 Å². The Morgan fingerprint density at radius 1 is 0.692 bits per heavy atom. The molecule has 13 nitrogen and oxygen atoms in total. The molecule has 0 spiro atoms. The van der Waals surface area contributed by atoms with Gasteiger partial charge in [-0.1, -0.05) is 84.1 Å². The lowest BCUT2D eigenvalue weighted by Gasteiger charge is -2.30. The van der Waals surface area contributed by atoms with E-state index < -0.39 is 5.91 Å². The monoisotopic (exact) mass is 711 g/mol. The number of para-hydroxylation sites is 1. The second-order valence-electron chi connectivity index (χ2n) is 12.6. The molecule has 1 heterocycles. The summed E-state index contributed by atoms with van der Waals surface area (Å²) in [5, 5.41) is 8.41. The summed E-state index contributed by atoms with van der Waals surface area (Å²) in [5.74, 6) is -0.423. The number of methoxy groups -OCH3 is 1. The Morgan fingerprint density at radius 3 is 1.87 bits per heavy atom. The molecule has 0 aliphatic rings. The van der Waals surface area contributed by atoms with Crippen molar-refractivity contribution in [2.75, 3.05) is 60.0 Å². The predicted molar refractivity (Wildman–Crippen MR) is 196 cm³/mol. The molecule has 13 heteroatoms.